The summed E-state index contributed by atoms with van der Waals surface area (Å²) in [5, 5.41) is 6.46. The molecule has 0 spiro atoms. The van der Waals surface area contributed by atoms with Crippen molar-refractivity contribution >= 4 is 22.9 Å². The second-order valence-corrected chi connectivity index (χ2v) is 6.85. The van der Waals surface area contributed by atoms with Crippen molar-refractivity contribution < 1.29 is 4.74 Å². The molecule has 0 unspecified atom stereocenters. The van der Waals surface area contributed by atoms with Gasteiger partial charge in [0, 0.05) is 29.8 Å². The van der Waals surface area contributed by atoms with Gasteiger partial charge in [0.2, 0.25) is 0 Å². The van der Waals surface area contributed by atoms with Gasteiger partial charge in [-0.25, -0.2) is 4.98 Å². The molecule has 4 rings (SSSR count). The molecule has 0 aromatic carbocycles. The quantitative estimate of drug-likeness (QED) is 0.720. The van der Waals surface area contributed by atoms with Gasteiger partial charge in [-0.1, -0.05) is 6.07 Å². The Morgan fingerprint density at radius 1 is 1.48 bits per heavy atom. The summed E-state index contributed by atoms with van der Waals surface area (Å²) in [4.78, 5) is 12.3. The van der Waals surface area contributed by atoms with Gasteiger partial charge in [-0.3, -0.25) is 0 Å². The lowest BCUT2D eigenvalue weighted by atomic mass is 10.2. The first-order chi connectivity index (χ1) is 11.3. The number of hydrogen-bond donors (Lipinski definition) is 0. The maximum absolute atomic E-state index is 5.85. The third-order valence-corrected chi connectivity index (χ3v) is 4.92. The molecule has 3 aromatic heterocycles. The topological polar surface area (TPSA) is 55.6 Å². The Balaban J connectivity index is 1.71. The smallest absolute Gasteiger partial charge is 0.254 e. The average molecular weight is 329 g/mol. The van der Waals surface area contributed by atoms with E-state index in [-0.39, 0.29) is 6.10 Å². The Labute approximate surface area is 138 Å². The van der Waals surface area contributed by atoms with Crippen LogP contribution in [0, 0.1) is 6.92 Å². The monoisotopic (exact) mass is 329 g/mol. The summed E-state index contributed by atoms with van der Waals surface area (Å²) in [5.74, 6) is 1.66. The van der Waals surface area contributed by atoms with E-state index < -0.39 is 0 Å². The Hall–Kier alpha value is -1.99. The summed E-state index contributed by atoms with van der Waals surface area (Å²) in [5.41, 5.74) is 0.948. The summed E-state index contributed by atoms with van der Waals surface area (Å²) in [6.07, 6.45) is 4.10. The molecule has 6 nitrogen and oxygen atoms in total. The highest BCUT2D eigenvalue weighted by molar-refractivity contribution is 7.09. The fourth-order valence-corrected chi connectivity index (χ4v) is 3.72. The van der Waals surface area contributed by atoms with Crippen LogP contribution in [0.15, 0.2) is 29.9 Å². The lowest BCUT2D eigenvalue weighted by Gasteiger charge is -2.27. The fraction of sp³-hybridized carbons (Fsp3) is 0.438. The van der Waals surface area contributed by atoms with Gasteiger partial charge in [0.1, 0.15) is 12.1 Å². The Morgan fingerprint density at radius 2 is 2.43 bits per heavy atom. The second-order valence-electron chi connectivity index (χ2n) is 5.82. The SMILES string of the molecule is Cc1cc(N(Cc2cccs2)C[C@H]2CCCO2)n2ncnc2n1. The van der Waals surface area contributed by atoms with Gasteiger partial charge in [0.15, 0.2) is 0 Å². The number of aromatic nitrogens is 4. The van der Waals surface area contributed by atoms with Crippen molar-refractivity contribution in [1.82, 2.24) is 19.6 Å². The molecule has 0 amide bonds. The van der Waals surface area contributed by atoms with E-state index in [1.165, 1.54) is 4.88 Å². The van der Waals surface area contributed by atoms with Gasteiger partial charge in [-0.05, 0) is 31.2 Å². The summed E-state index contributed by atoms with van der Waals surface area (Å²) in [6, 6.07) is 6.33. The van der Waals surface area contributed by atoms with E-state index in [2.05, 4.69) is 43.5 Å². The van der Waals surface area contributed by atoms with Crippen molar-refractivity contribution in [2.45, 2.75) is 32.4 Å². The van der Waals surface area contributed by atoms with E-state index in [4.69, 9.17) is 4.74 Å². The number of fused-ring (bicyclic) bond motifs is 1. The summed E-state index contributed by atoms with van der Waals surface area (Å²) < 4.78 is 7.66. The molecule has 3 aromatic rings. The van der Waals surface area contributed by atoms with E-state index >= 15 is 0 Å². The summed E-state index contributed by atoms with van der Waals surface area (Å²) >= 11 is 1.77. The first-order valence-electron chi connectivity index (χ1n) is 7.86. The van der Waals surface area contributed by atoms with Gasteiger partial charge in [-0.15, -0.1) is 11.3 Å². The van der Waals surface area contributed by atoms with Crippen LogP contribution in [-0.2, 0) is 11.3 Å². The van der Waals surface area contributed by atoms with Crippen molar-refractivity contribution in [1.29, 1.82) is 0 Å². The second kappa shape index (κ2) is 6.25. The van der Waals surface area contributed by atoms with Crippen LogP contribution in [0.2, 0.25) is 0 Å². The zero-order valence-electron chi connectivity index (χ0n) is 13.1. The maximum atomic E-state index is 5.85. The van der Waals surface area contributed by atoms with E-state index in [9.17, 15) is 0 Å². The molecule has 1 aliphatic heterocycles. The first kappa shape index (κ1) is 14.6. The molecule has 0 saturated carbocycles. The molecule has 1 fully saturated rings. The maximum Gasteiger partial charge on any atom is 0.254 e. The van der Waals surface area contributed by atoms with Crippen LogP contribution in [0.4, 0.5) is 5.82 Å². The van der Waals surface area contributed by atoms with Gasteiger partial charge in [0.05, 0.1) is 12.6 Å². The van der Waals surface area contributed by atoms with Crippen molar-refractivity contribution in [3.8, 4) is 0 Å². The largest absolute Gasteiger partial charge is 0.376 e. The minimum absolute atomic E-state index is 0.280. The van der Waals surface area contributed by atoms with Crippen LogP contribution in [0.25, 0.3) is 5.78 Å². The fourth-order valence-electron chi connectivity index (χ4n) is 3.00. The molecule has 1 atom stereocenters. The van der Waals surface area contributed by atoms with Crippen LogP contribution in [0.5, 0.6) is 0 Å². The van der Waals surface area contributed by atoms with Gasteiger partial charge in [-0.2, -0.15) is 14.6 Å². The van der Waals surface area contributed by atoms with Crippen molar-refractivity contribution in [3.63, 3.8) is 0 Å². The minimum atomic E-state index is 0.280. The summed E-state index contributed by atoms with van der Waals surface area (Å²) in [7, 11) is 0. The zero-order chi connectivity index (χ0) is 15.6. The van der Waals surface area contributed by atoms with Gasteiger partial charge >= 0.3 is 0 Å². The number of hydrogen-bond acceptors (Lipinski definition) is 6. The molecule has 0 aliphatic carbocycles. The lowest BCUT2D eigenvalue weighted by molar-refractivity contribution is 0.115. The standard InChI is InChI=1S/C16H19N5OS/c1-12-8-15(21-16(19-12)17-11-18-21)20(9-13-4-2-6-22-13)10-14-5-3-7-23-14/h3,5,7-8,11,13H,2,4,6,9-10H2,1H3/t13-/m1/s1. The molecule has 1 saturated heterocycles. The van der Waals surface area contributed by atoms with E-state index in [0.29, 0.717) is 5.78 Å². The van der Waals surface area contributed by atoms with Gasteiger partial charge in [0.25, 0.3) is 5.78 Å². The van der Waals surface area contributed by atoms with Crippen LogP contribution in [0.3, 0.4) is 0 Å². The minimum Gasteiger partial charge on any atom is -0.376 e. The molecule has 0 bridgehead atoms. The molecule has 0 N–H and O–H groups in total. The molecule has 7 heteroatoms. The highest BCUT2D eigenvalue weighted by atomic mass is 32.1. The zero-order valence-corrected chi connectivity index (χ0v) is 13.9. The third-order valence-electron chi connectivity index (χ3n) is 4.06. The molecule has 120 valence electrons. The van der Waals surface area contributed by atoms with Crippen molar-refractivity contribution in [3.05, 3.63) is 40.5 Å². The predicted octanol–water partition coefficient (Wildman–Crippen LogP) is 2.68. The molecule has 1 aliphatic rings. The van der Waals surface area contributed by atoms with E-state index in [1.807, 2.05) is 11.4 Å². The van der Waals surface area contributed by atoms with Crippen LogP contribution in [-0.4, -0.2) is 38.8 Å². The van der Waals surface area contributed by atoms with Crippen molar-refractivity contribution in [2.75, 3.05) is 18.1 Å². The van der Waals surface area contributed by atoms with Crippen LogP contribution >= 0.6 is 11.3 Å². The molecule has 4 heterocycles. The number of thiophene rings is 1. The Kier molecular flexibility index (Phi) is 3.97. The Bertz CT molecular complexity index is 779. The van der Waals surface area contributed by atoms with Crippen molar-refractivity contribution in [2.24, 2.45) is 0 Å². The Morgan fingerprint density at radius 3 is 3.22 bits per heavy atom. The number of aryl methyl sites for hydroxylation is 1. The molecular weight excluding hydrogens is 310 g/mol. The van der Waals surface area contributed by atoms with Gasteiger partial charge < -0.3 is 9.64 Å². The number of anilines is 1. The highest BCUT2D eigenvalue weighted by Gasteiger charge is 2.22. The van der Waals surface area contributed by atoms with Crippen LogP contribution in [0.1, 0.15) is 23.4 Å². The first-order valence-corrected chi connectivity index (χ1v) is 8.74. The lowest BCUT2D eigenvalue weighted by Crippen LogP contribution is -2.33. The summed E-state index contributed by atoms with van der Waals surface area (Å²) in [6.45, 7) is 4.56. The number of ether oxygens (including phenoxy) is 1. The van der Waals surface area contributed by atoms with Crippen LogP contribution < -0.4 is 4.90 Å². The number of rotatable bonds is 5. The highest BCUT2D eigenvalue weighted by Crippen LogP contribution is 2.23. The van der Waals surface area contributed by atoms with E-state index in [1.54, 1.807) is 17.7 Å². The molecule has 23 heavy (non-hydrogen) atoms. The normalized spacial score (nSPS) is 17.9. The molecule has 0 radical (unpaired) electrons. The molecular formula is C16H19N5OS. The van der Waals surface area contributed by atoms with E-state index in [0.717, 1.165) is 44.0 Å². The third kappa shape index (κ3) is 3.07. The number of nitrogens with zero attached hydrogens (tertiary/aromatic N) is 5. The average Bonchev–Trinajstić information content (AvgIpc) is 3.28. The predicted molar refractivity (Wildman–Crippen MR) is 89.9 cm³/mol.